The van der Waals surface area contributed by atoms with Gasteiger partial charge in [-0.2, -0.15) is 0 Å². The molecule has 1 aliphatic rings. The van der Waals surface area contributed by atoms with E-state index in [0.717, 1.165) is 16.7 Å². The first-order chi connectivity index (χ1) is 21.0. The van der Waals surface area contributed by atoms with E-state index in [4.69, 9.17) is 18.9 Å². The van der Waals surface area contributed by atoms with Crippen LogP contribution in [0.1, 0.15) is 44.4 Å². The minimum atomic E-state index is -0.889. The lowest BCUT2D eigenvalue weighted by atomic mass is 9.91. The van der Waals surface area contributed by atoms with E-state index in [9.17, 15) is 14.4 Å². The standard InChI is InChI=1S/C34H39BrN2O7/c1-6-42-30(38)21-36-31(39)27(37(32(36)34(2,3)4)33(40)43-22-24-10-8-7-9-11-24)18-23-12-15-26(16-13-23)44-29-19-25(20-35)14-17-28(29)41-5/h7-17,19,27,32H,6,18,20-22H2,1-5H3/t27?,32-/m0/s1. The van der Waals surface area contributed by atoms with Crippen LogP contribution < -0.4 is 9.47 Å². The number of carbonyl (C=O) groups excluding carboxylic acids is 3. The Bertz CT molecular complexity index is 1440. The first-order valence-electron chi connectivity index (χ1n) is 14.5. The first-order valence-corrected chi connectivity index (χ1v) is 15.6. The molecule has 0 aliphatic carbocycles. The van der Waals surface area contributed by atoms with Crippen LogP contribution in [0.3, 0.4) is 0 Å². The van der Waals surface area contributed by atoms with Crippen molar-refractivity contribution < 1.29 is 33.3 Å². The molecule has 3 aromatic carbocycles. The van der Waals surface area contributed by atoms with Crippen molar-refractivity contribution in [1.29, 1.82) is 0 Å². The van der Waals surface area contributed by atoms with Crippen molar-refractivity contribution in [2.24, 2.45) is 5.41 Å². The number of rotatable bonds is 11. The van der Waals surface area contributed by atoms with Gasteiger partial charge in [0.15, 0.2) is 11.5 Å². The van der Waals surface area contributed by atoms with Crippen molar-refractivity contribution in [1.82, 2.24) is 9.80 Å². The molecule has 1 heterocycles. The molecule has 0 bridgehead atoms. The zero-order valence-electron chi connectivity index (χ0n) is 25.7. The fourth-order valence-corrected chi connectivity index (χ4v) is 5.63. The van der Waals surface area contributed by atoms with E-state index in [1.54, 1.807) is 14.0 Å². The van der Waals surface area contributed by atoms with Crippen LogP contribution in [0, 0.1) is 5.41 Å². The van der Waals surface area contributed by atoms with Crippen LogP contribution in [0.15, 0.2) is 72.8 Å². The Balaban J connectivity index is 1.61. The van der Waals surface area contributed by atoms with Gasteiger partial charge in [-0.25, -0.2) is 4.79 Å². The number of alkyl halides is 1. The molecule has 1 saturated heterocycles. The van der Waals surface area contributed by atoms with Gasteiger partial charge in [0.1, 0.15) is 31.1 Å². The van der Waals surface area contributed by atoms with Crippen molar-refractivity contribution in [3.8, 4) is 17.2 Å². The Hall–Kier alpha value is -4.05. The third kappa shape index (κ3) is 7.91. The molecular weight excluding hydrogens is 628 g/mol. The largest absolute Gasteiger partial charge is 0.493 e. The summed E-state index contributed by atoms with van der Waals surface area (Å²) in [5.41, 5.74) is 2.08. The molecule has 44 heavy (non-hydrogen) atoms. The molecular formula is C34H39BrN2O7. The van der Waals surface area contributed by atoms with Crippen molar-refractivity contribution in [3.05, 3.63) is 89.5 Å². The van der Waals surface area contributed by atoms with Crippen LogP contribution in [-0.4, -0.2) is 60.2 Å². The number of hydrogen-bond donors (Lipinski definition) is 0. The van der Waals surface area contributed by atoms with Crippen molar-refractivity contribution in [3.63, 3.8) is 0 Å². The molecule has 0 spiro atoms. The average Bonchev–Trinajstić information content (AvgIpc) is 3.28. The van der Waals surface area contributed by atoms with E-state index >= 15 is 0 Å². The van der Waals surface area contributed by atoms with Crippen molar-refractivity contribution in [2.45, 2.75) is 58.3 Å². The molecule has 0 saturated carbocycles. The summed E-state index contributed by atoms with van der Waals surface area (Å²) < 4.78 is 22.5. The molecule has 4 rings (SSSR count). The highest BCUT2D eigenvalue weighted by atomic mass is 79.9. The van der Waals surface area contributed by atoms with E-state index in [2.05, 4.69) is 15.9 Å². The predicted octanol–water partition coefficient (Wildman–Crippen LogP) is 6.71. The van der Waals surface area contributed by atoms with Gasteiger partial charge in [0.05, 0.1) is 13.7 Å². The second kappa shape index (κ2) is 14.6. The summed E-state index contributed by atoms with van der Waals surface area (Å²) >= 11 is 3.47. The van der Waals surface area contributed by atoms with Crippen LogP contribution in [-0.2, 0) is 37.4 Å². The number of hydrogen-bond acceptors (Lipinski definition) is 7. The van der Waals surface area contributed by atoms with Gasteiger partial charge in [-0.3, -0.25) is 14.5 Å². The van der Waals surface area contributed by atoms with Crippen LogP contribution in [0.25, 0.3) is 0 Å². The molecule has 1 unspecified atom stereocenters. The Morgan fingerprint density at radius 1 is 0.886 bits per heavy atom. The van der Waals surface area contributed by atoms with E-state index in [-0.39, 0.29) is 32.1 Å². The number of ether oxygens (including phenoxy) is 4. The van der Waals surface area contributed by atoms with Gasteiger partial charge in [0, 0.05) is 17.2 Å². The normalized spacial score (nSPS) is 16.5. The summed E-state index contributed by atoms with van der Waals surface area (Å²) in [6.07, 6.45) is -1.14. The number of methoxy groups -OCH3 is 1. The molecule has 0 N–H and O–H groups in total. The van der Waals surface area contributed by atoms with Gasteiger partial charge in [0.25, 0.3) is 0 Å². The second-order valence-corrected chi connectivity index (χ2v) is 12.1. The number of amides is 2. The fraction of sp³-hybridized carbons (Fsp3) is 0.382. The third-order valence-corrected chi connectivity index (χ3v) is 7.87. The van der Waals surface area contributed by atoms with E-state index in [0.29, 0.717) is 22.6 Å². The lowest BCUT2D eigenvalue weighted by Crippen LogP contribution is -2.53. The zero-order chi connectivity index (χ0) is 31.9. The van der Waals surface area contributed by atoms with E-state index < -0.39 is 29.7 Å². The topological polar surface area (TPSA) is 94.6 Å². The van der Waals surface area contributed by atoms with Gasteiger partial charge < -0.3 is 23.8 Å². The lowest BCUT2D eigenvalue weighted by Gasteiger charge is -2.39. The van der Waals surface area contributed by atoms with E-state index in [1.165, 1.54) is 9.80 Å². The van der Waals surface area contributed by atoms with Gasteiger partial charge in [-0.05, 0) is 47.9 Å². The molecule has 1 fully saturated rings. The Labute approximate surface area is 267 Å². The minimum absolute atomic E-state index is 0.0532. The maximum atomic E-state index is 14.0. The molecule has 10 heteroatoms. The summed E-state index contributed by atoms with van der Waals surface area (Å²) in [6, 6.07) is 21.5. The Morgan fingerprint density at radius 3 is 2.18 bits per heavy atom. The molecule has 1 aliphatic heterocycles. The van der Waals surface area contributed by atoms with E-state index in [1.807, 2.05) is 93.6 Å². The first kappa shape index (κ1) is 32.9. The fourth-order valence-electron chi connectivity index (χ4n) is 5.28. The van der Waals surface area contributed by atoms with Crippen LogP contribution in [0.5, 0.6) is 17.2 Å². The Morgan fingerprint density at radius 2 is 1.57 bits per heavy atom. The number of nitrogens with zero attached hydrogens (tertiary/aromatic N) is 2. The quantitative estimate of drug-likeness (QED) is 0.166. The summed E-state index contributed by atoms with van der Waals surface area (Å²) in [6.45, 7) is 7.46. The highest BCUT2D eigenvalue weighted by Gasteiger charge is 2.54. The summed E-state index contributed by atoms with van der Waals surface area (Å²) in [7, 11) is 1.59. The van der Waals surface area contributed by atoms with Gasteiger partial charge in [-0.1, -0.05) is 85.2 Å². The van der Waals surface area contributed by atoms with Gasteiger partial charge in [-0.15, -0.1) is 0 Å². The molecule has 3 aromatic rings. The number of esters is 1. The monoisotopic (exact) mass is 666 g/mol. The maximum absolute atomic E-state index is 14.0. The highest BCUT2D eigenvalue weighted by Crippen LogP contribution is 2.37. The maximum Gasteiger partial charge on any atom is 0.412 e. The molecule has 2 atom stereocenters. The number of carbonyl (C=O) groups is 3. The van der Waals surface area contributed by atoms with Crippen LogP contribution in [0.2, 0.25) is 0 Å². The molecule has 0 aromatic heterocycles. The zero-order valence-corrected chi connectivity index (χ0v) is 27.3. The smallest absolute Gasteiger partial charge is 0.412 e. The highest BCUT2D eigenvalue weighted by molar-refractivity contribution is 9.08. The van der Waals surface area contributed by atoms with Crippen LogP contribution >= 0.6 is 15.9 Å². The molecule has 2 amide bonds. The van der Waals surface area contributed by atoms with Crippen molar-refractivity contribution in [2.75, 3.05) is 20.3 Å². The second-order valence-electron chi connectivity index (χ2n) is 11.5. The average molecular weight is 668 g/mol. The van der Waals surface area contributed by atoms with Crippen molar-refractivity contribution >= 4 is 33.9 Å². The summed E-state index contributed by atoms with van der Waals surface area (Å²) in [5.74, 6) is 0.903. The minimum Gasteiger partial charge on any atom is -0.493 e. The predicted molar refractivity (Wildman–Crippen MR) is 170 cm³/mol. The molecule has 0 radical (unpaired) electrons. The third-order valence-electron chi connectivity index (χ3n) is 7.22. The Kier molecular flexibility index (Phi) is 10.9. The number of halogens is 1. The molecule has 9 nitrogen and oxygen atoms in total. The number of benzene rings is 3. The van der Waals surface area contributed by atoms with Gasteiger partial charge in [0.2, 0.25) is 5.91 Å². The summed E-state index contributed by atoms with van der Waals surface area (Å²) in [4.78, 5) is 43.2. The molecule has 234 valence electrons. The van der Waals surface area contributed by atoms with Gasteiger partial charge >= 0.3 is 12.1 Å². The van der Waals surface area contributed by atoms with Crippen LogP contribution in [0.4, 0.5) is 4.79 Å². The summed E-state index contributed by atoms with van der Waals surface area (Å²) in [5, 5.41) is 0.675. The SMILES string of the molecule is CCOC(=O)CN1C(=O)C(Cc2ccc(Oc3cc(CBr)ccc3OC)cc2)N(C(=O)OCc2ccccc2)[C@H]1C(C)(C)C. The lowest BCUT2D eigenvalue weighted by molar-refractivity contribution is -0.150.